The minimum Gasteiger partial charge on any atom is -0.379 e. The van der Waals surface area contributed by atoms with Crippen molar-refractivity contribution in [3.8, 4) is 0 Å². The molecule has 1 aliphatic heterocycles. The predicted octanol–water partition coefficient (Wildman–Crippen LogP) is -0.260. The molecule has 0 atom stereocenters. The van der Waals surface area contributed by atoms with Crippen LogP contribution in [0.25, 0.3) is 0 Å². The lowest BCUT2D eigenvalue weighted by atomic mass is 10.1. The van der Waals surface area contributed by atoms with Crippen molar-refractivity contribution in [2.24, 2.45) is 0 Å². The average molecular weight is 271 g/mol. The molecular formula is C13H25N3O3. The summed E-state index contributed by atoms with van der Waals surface area (Å²) >= 11 is 0. The second-order valence-corrected chi connectivity index (χ2v) is 5.77. The van der Waals surface area contributed by atoms with Gasteiger partial charge in [-0.2, -0.15) is 0 Å². The maximum atomic E-state index is 11.5. The quantitative estimate of drug-likeness (QED) is 0.546. The van der Waals surface area contributed by atoms with E-state index in [9.17, 15) is 9.59 Å². The monoisotopic (exact) mass is 271 g/mol. The molecule has 2 N–H and O–H groups in total. The molecule has 0 saturated carbocycles. The number of rotatable bonds is 4. The second-order valence-electron chi connectivity index (χ2n) is 5.77. The molecule has 2 amide bonds. The lowest BCUT2D eigenvalue weighted by molar-refractivity contribution is -0.140. The maximum Gasteiger partial charge on any atom is 0.309 e. The van der Waals surface area contributed by atoms with Crippen LogP contribution in [0.15, 0.2) is 0 Å². The smallest absolute Gasteiger partial charge is 0.309 e. The van der Waals surface area contributed by atoms with Gasteiger partial charge in [-0.1, -0.05) is 0 Å². The number of nitrogens with zero attached hydrogens (tertiary/aromatic N) is 1. The maximum absolute atomic E-state index is 11.5. The SMILES string of the molecule is CC(C)(C)NC(=O)C(=O)NCCCN1CCOCC1. The van der Waals surface area contributed by atoms with Crippen LogP contribution in [0.4, 0.5) is 0 Å². The number of carbonyl (C=O) groups is 2. The summed E-state index contributed by atoms with van der Waals surface area (Å²) < 4.78 is 5.26. The first-order chi connectivity index (χ1) is 8.88. The highest BCUT2D eigenvalue weighted by molar-refractivity contribution is 6.35. The molecule has 1 rings (SSSR count). The molecular weight excluding hydrogens is 246 g/mol. The van der Waals surface area contributed by atoms with Gasteiger partial charge in [-0.05, 0) is 33.7 Å². The fourth-order valence-electron chi connectivity index (χ4n) is 1.81. The first-order valence-corrected chi connectivity index (χ1v) is 6.79. The first kappa shape index (κ1) is 15.9. The van der Waals surface area contributed by atoms with E-state index in [2.05, 4.69) is 15.5 Å². The Bertz CT molecular complexity index is 307. The van der Waals surface area contributed by atoms with E-state index in [0.29, 0.717) is 6.54 Å². The van der Waals surface area contributed by atoms with Gasteiger partial charge in [0.25, 0.3) is 0 Å². The van der Waals surface area contributed by atoms with E-state index in [1.165, 1.54) is 0 Å². The van der Waals surface area contributed by atoms with Gasteiger partial charge in [-0.3, -0.25) is 14.5 Å². The highest BCUT2D eigenvalue weighted by Gasteiger charge is 2.19. The highest BCUT2D eigenvalue weighted by Crippen LogP contribution is 1.98. The average Bonchev–Trinajstić information content (AvgIpc) is 2.33. The zero-order chi connectivity index (χ0) is 14.3. The van der Waals surface area contributed by atoms with Crippen molar-refractivity contribution < 1.29 is 14.3 Å². The summed E-state index contributed by atoms with van der Waals surface area (Å²) in [5.74, 6) is -1.13. The van der Waals surface area contributed by atoms with Crippen LogP contribution in [0.5, 0.6) is 0 Å². The molecule has 0 radical (unpaired) electrons. The van der Waals surface area contributed by atoms with Crippen LogP contribution in [0, 0.1) is 0 Å². The molecule has 110 valence electrons. The Morgan fingerprint density at radius 2 is 1.79 bits per heavy atom. The zero-order valence-electron chi connectivity index (χ0n) is 12.1. The standard InChI is InChI=1S/C13H25N3O3/c1-13(2,3)15-12(18)11(17)14-5-4-6-16-7-9-19-10-8-16/h4-10H2,1-3H3,(H,14,17)(H,15,18). The molecule has 19 heavy (non-hydrogen) atoms. The Balaban J connectivity index is 2.11. The topological polar surface area (TPSA) is 70.7 Å². The van der Waals surface area contributed by atoms with Crippen LogP contribution in [-0.2, 0) is 14.3 Å². The largest absolute Gasteiger partial charge is 0.379 e. The summed E-state index contributed by atoms with van der Waals surface area (Å²) in [6.07, 6.45) is 0.842. The molecule has 1 saturated heterocycles. The number of morpholine rings is 1. The van der Waals surface area contributed by atoms with Crippen LogP contribution < -0.4 is 10.6 Å². The van der Waals surface area contributed by atoms with E-state index in [4.69, 9.17) is 4.74 Å². The number of hydrogen-bond acceptors (Lipinski definition) is 4. The predicted molar refractivity (Wildman–Crippen MR) is 72.8 cm³/mol. The third-order valence-electron chi connectivity index (χ3n) is 2.74. The first-order valence-electron chi connectivity index (χ1n) is 6.79. The van der Waals surface area contributed by atoms with Gasteiger partial charge in [0.1, 0.15) is 0 Å². The Morgan fingerprint density at radius 1 is 1.16 bits per heavy atom. The van der Waals surface area contributed by atoms with Crippen LogP contribution >= 0.6 is 0 Å². The van der Waals surface area contributed by atoms with Crippen molar-refractivity contribution in [3.63, 3.8) is 0 Å². The van der Waals surface area contributed by atoms with E-state index in [0.717, 1.165) is 39.3 Å². The minimum atomic E-state index is -0.570. The Morgan fingerprint density at radius 3 is 2.37 bits per heavy atom. The molecule has 0 aromatic heterocycles. The third kappa shape index (κ3) is 7.12. The van der Waals surface area contributed by atoms with Crippen molar-refractivity contribution in [1.82, 2.24) is 15.5 Å². The Hall–Kier alpha value is -1.14. The van der Waals surface area contributed by atoms with Crippen molar-refractivity contribution >= 4 is 11.8 Å². The van der Waals surface area contributed by atoms with Gasteiger partial charge in [0.15, 0.2) is 0 Å². The minimum absolute atomic E-state index is 0.387. The summed E-state index contributed by atoms with van der Waals surface area (Å²) in [4.78, 5) is 25.3. The van der Waals surface area contributed by atoms with E-state index >= 15 is 0 Å². The lowest BCUT2D eigenvalue weighted by Gasteiger charge is -2.26. The van der Waals surface area contributed by atoms with E-state index < -0.39 is 11.8 Å². The normalized spacial score (nSPS) is 17.0. The Labute approximate surface area is 114 Å². The van der Waals surface area contributed by atoms with Crippen LogP contribution in [-0.4, -0.2) is 61.6 Å². The van der Waals surface area contributed by atoms with Gasteiger partial charge in [-0.15, -0.1) is 0 Å². The number of nitrogens with one attached hydrogen (secondary N) is 2. The van der Waals surface area contributed by atoms with E-state index in [1.54, 1.807) is 0 Å². The van der Waals surface area contributed by atoms with Gasteiger partial charge in [0.2, 0.25) is 0 Å². The molecule has 6 heteroatoms. The molecule has 6 nitrogen and oxygen atoms in total. The number of amides is 2. The lowest BCUT2D eigenvalue weighted by Crippen LogP contribution is -2.48. The van der Waals surface area contributed by atoms with Crippen molar-refractivity contribution in [2.45, 2.75) is 32.7 Å². The molecule has 0 bridgehead atoms. The summed E-state index contributed by atoms with van der Waals surface area (Å²) in [5, 5.41) is 5.27. The van der Waals surface area contributed by atoms with Gasteiger partial charge < -0.3 is 15.4 Å². The molecule has 0 unspecified atom stereocenters. The molecule has 0 spiro atoms. The summed E-state index contributed by atoms with van der Waals surface area (Å²) in [7, 11) is 0. The fourth-order valence-corrected chi connectivity index (χ4v) is 1.81. The van der Waals surface area contributed by atoms with Crippen molar-refractivity contribution in [3.05, 3.63) is 0 Å². The van der Waals surface area contributed by atoms with Crippen LogP contribution in [0.2, 0.25) is 0 Å². The second kappa shape index (κ2) is 7.45. The van der Waals surface area contributed by atoms with Crippen molar-refractivity contribution in [2.75, 3.05) is 39.4 Å². The molecule has 1 fully saturated rings. The van der Waals surface area contributed by atoms with Gasteiger partial charge in [-0.25, -0.2) is 0 Å². The molecule has 1 heterocycles. The summed E-state index contributed by atoms with van der Waals surface area (Å²) in [5.41, 5.74) is -0.387. The number of hydrogen-bond donors (Lipinski definition) is 2. The van der Waals surface area contributed by atoms with E-state index in [-0.39, 0.29) is 5.54 Å². The number of carbonyl (C=O) groups excluding carboxylic acids is 2. The molecule has 0 aromatic rings. The van der Waals surface area contributed by atoms with Crippen molar-refractivity contribution in [1.29, 1.82) is 0 Å². The molecule has 0 aliphatic carbocycles. The molecule has 0 aromatic carbocycles. The van der Waals surface area contributed by atoms with Crippen LogP contribution in [0.1, 0.15) is 27.2 Å². The van der Waals surface area contributed by atoms with Gasteiger partial charge >= 0.3 is 11.8 Å². The van der Waals surface area contributed by atoms with Gasteiger partial charge in [0.05, 0.1) is 13.2 Å². The van der Waals surface area contributed by atoms with E-state index in [1.807, 2.05) is 20.8 Å². The highest BCUT2D eigenvalue weighted by atomic mass is 16.5. The Kier molecular flexibility index (Phi) is 6.24. The summed E-state index contributed by atoms with van der Waals surface area (Å²) in [6.45, 7) is 10.4. The third-order valence-corrected chi connectivity index (χ3v) is 2.74. The zero-order valence-corrected chi connectivity index (χ0v) is 12.1. The fraction of sp³-hybridized carbons (Fsp3) is 0.846. The van der Waals surface area contributed by atoms with Crippen LogP contribution in [0.3, 0.4) is 0 Å². The molecule has 1 aliphatic rings. The van der Waals surface area contributed by atoms with Gasteiger partial charge in [0, 0.05) is 25.2 Å². The number of ether oxygens (including phenoxy) is 1. The summed E-state index contributed by atoms with van der Waals surface area (Å²) in [6, 6.07) is 0.